The number of aryl methyl sites for hydroxylation is 1. The number of benzene rings is 3. The molecule has 0 aliphatic heterocycles. The third-order valence-electron chi connectivity index (χ3n) is 5.62. The van der Waals surface area contributed by atoms with E-state index in [0.29, 0.717) is 0 Å². The van der Waals surface area contributed by atoms with Gasteiger partial charge in [-0.1, -0.05) is 71.8 Å². The lowest BCUT2D eigenvalue weighted by Crippen LogP contribution is -2.50. The van der Waals surface area contributed by atoms with Gasteiger partial charge in [0, 0.05) is 13.6 Å². The predicted molar refractivity (Wildman–Crippen MR) is 138 cm³/mol. The minimum Gasteiger partial charge on any atom is -0.357 e. The number of rotatable bonds is 9. The lowest BCUT2D eigenvalue weighted by Gasteiger charge is -2.32. The van der Waals surface area contributed by atoms with Crippen molar-refractivity contribution in [1.29, 1.82) is 0 Å². The van der Waals surface area contributed by atoms with Crippen LogP contribution in [0.1, 0.15) is 18.1 Å². The number of carbonyl (C=O) groups excluding carboxylic acids is 2. The van der Waals surface area contributed by atoms with Gasteiger partial charge in [-0.3, -0.25) is 13.9 Å². The molecular weight excluding hydrogens is 486 g/mol. The summed E-state index contributed by atoms with van der Waals surface area (Å²) in [5.74, 6) is -0.901. The first-order chi connectivity index (χ1) is 16.6. The number of likely N-dealkylation sites (N-methyl/N-ethyl adjacent to an activating group) is 1. The molecule has 0 unspecified atom stereocenters. The highest BCUT2D eigenvalue weighted by Crippen LogP contribution is 2.30. The molecule has 0 radical (unpaired) electrons. The van der Waals surface area contributed by atoms with Gasteiger partial charge in [0.15, 0.2) is 0 Å². The van der Waals surface area contributed by atoms with E-state index in [4.69, 9.17) is 11.6 Å². The molecular formula is C26H28ClN3O4S. The van der Waals surface area contributed by atoms with Crippen molar-refractivity contribution in [3.8, 4) is 0 Å². The topological polar surface area (TPSA) is 86.8 Å². The molecule has 0 aromatic heterocycles. The lowest BCUT2D eigenvalue weighted by molar-refractivity contribution is -0.139. The zero-order chi connectivity index (χ0) is 25.6. The van der Waals surface area contributed by atoms with Crippen LogP contribution in [0.25, 0.3) is 0 Å². The van der Waals surface area contributed by atoms with E-state index in [9.17, 15) is 18.0 Å². The van der Waals surface area contributed by atoms with Gasteiger partial charge in [-0.25, -0.2) is 8.42 Å². The van der Waals surface area contributed by atoms with Crippen molar-refractivity contribution in [3.05, 3.63) is 95.0 Å². The Labute approximate surface area is 211 Å². The largest absolute Gasteiger partial charge is 0.357 e. The van der Waals surface area contributed by atoms with Gasteiger partial charge in [-0.15, -0.1) is 0 Å². The third kappa shape index (κ3) is 6.21. The number of hydrogen-bond acceptors (Lipinski definition) is 4. The molecule has 35 heavy (non-hydrogen) atoms. The van der Waals surface area contributed by atoms with Crippen LogP contribution in [-0.4, -0.2) is 44.8 Å². The molecule has 3 rings (SSSR count). The molecule has 1 atom stereocenters. The standard InChI is InChI=1S/C26H28ClN3O4S/c1-19-13-15-21(16-14-19)17-29(20(2)26(32)28-3)25(31)18-30(24-12-8-7-11-23(24)27)35(33,34)22-9-5-4-6-10-22/h4-16,20H,17-18H2,1-3H3,(H,28,32)/t20-/m1/s1. The fourth-order valence-electron chi connectivity index (χ4n) is 3.57. The third-order valence-corrected chi connectivity index (χ3v) is 7.71. The lowest BCUT2D eigenvalue weighted by atomic mass is 10.1. The van der Waals surface area contributed by atoms with Crippen LogP contribution in [0.15, 0.2) is 83.8 Å². The van der Waals surface area contributed by atoms with Gasteiger partial charge >= 0.3 is 0 Å². The Morgan fingerprint density at radius 2 is 1.54 bits per heavy atom. The van der Waals surface area contributed by atoms with Crippen molar-refractivity contribution in [2.24, 2.45) is 0 Å². The number of anilines is 1. The molecule has 3 aromatic carbocycles. The summed E-state index contributed by atoms with van der Waals surface area (Å²) in [6, 6.07) is 21.0. The number of halogens is 1. The second kappa shape index (κ2) is 11.4. The minimum atomic E-state index is -4.13. The minimum absolute atomic E-state index is 0.0251. The summed E-state index contributed by atoms with van der Waals surface area (Å²) >= 11 is 6.36. The number of para-hydroxylation sites is 1. The summed E-state index contributed by atoms with van der Waals surface area (Å²) in [5.41, 5.74) is 2.05. The van der Waals surface area contributed by atoms with E-state index < -0.39 is 28.5 Å². The highest BCUT2D eigenvalue weighted by atomic mass is 35.5. The molecule has 0 bridgehead atoms. The van der Waals surface area contributed by atoms with Crippen LogP contribution in [0.3, 0.4) is 0 Å². The average Bonchev–Trinajstić information content (AvgIpc) is 2.86. The fraction of sp³-hybridized carbons (Fsp3) is 0.231. The maximum atomic E-state index is 13.6. The molecule has 1 N–H and O–H groups in total. The van der Waals surface area contributed by atoms with E-state index in [2.05, 4.69) is 5.32 Å². The van der Waals surface area contributed by atoms with Crippen molar-refractivity contribution in [3.63, 3.8) is 0 Å². The number of hydrogen-bond donors (Lipinski definition) is 1. The van der Waals surface area contributed by atoms with Crippen LogP contribution < -0.4 is 9.62 Å². The molecule has 7 nitrogen and oxygen atoms in total. The van der Waals surface area contributed by atoms with E-state index in [1.165, 1.54) is 24.1 Å². The molecule has 0 aliphatic carbocycles. The number of nitrogens with one attached hydrogen (secondary N) is 1. The molecule has 0 spiro atoms. The number of amides is 2. The first-order valence-electron chi connectivity index (χ1n) is 11.0. The van der Waals surface area contributed by atoms with Crippen LogP contribution in [0, 0.1) is 6.92 Å². The molecule has 0 aliphatic rings. The second-order valence-corrected chi connectivity index (χ2v) is 10.3. The van der Waals surface area contributed by atoms with Crippen LogP contribution >= 0.6 is 11.6 Å². The quantitative estimate of drug-likeness (QED) is 0.468. The Morgan fingerprint density at radius 1 is 0.943 bits per heavy atom. The van der Waals surface area contributed by atoms with Crippen molar-refractivity contribution in [2.75, 3.05) is 17.9 Å². The van der Waals surface area contributed by atoms with E-state index in [1.54, 1.807) is 49.4 Å². The molecule has 184 valence electrons. The number of nitrogens with zero attached hydrogens (tertiary/aromatic N) is 2. The van der Waals surface area contributed by atoms with Gasteiger partial charge in [0.25, 0.3) is 10.0 Å². The average molecular weight is 514 g/mol. The van der Waals surface area contributed by atoms with Gasteiger partial charge in [0.1, 0.15) is 12.6 Å². The predicted octanol–water partition coefficient (Wildman–Crippen LogP) is 4.01. The Morgan fingerprint density at radius 3 is 2.14 bits per heavy atom. The van der Waals surface area contributed by atoms with E-state index >= 15 is 0 Å². The summed E-state index contributed by atoms with van der Waals surface area (Å²) in [6.45, 7) is 3.16. The van der Waals surface area contributed by atoms with Crippen molar-refractivity contribution in [2.45, 2.75) is 31.3 Å². The van der Waals surface area contributed by atoms with E-state index in [0.717, 1.165) is 15.4 Å². The highest BCUT2D eigenvalue weighted by Gasteiger charge is 2.33. The van der Waals surface area contributed by atoms with Gasteiger partial charge < -0.3 is 10.2 Å². The van der Waals surface area contributed by atoms with Crippen LogP contribution in [-0.2, 0) is 26.2 Å². The van der Waals surface area contributed by atoms with Crippen LogP contribution in [0.5, 0.6) is 0 Å². The first-order valence-corrected chi connectivity index (χ1v) is 12.9. The normalized spacial score (nSPS) is 12.0. The van der Waals surface area contributed by atoms with E-state index in [1.807, 2.05) is 31.2 Å². The highest BCUT2D eigenvalue weighted by molar-refractivity contribution is 7.92. The Balaban J connectivity index is 2.03. The molecule has 2 amide bonds. The van der Waals surface area contributed by atoms with Crippen LogP contribution in [0.2, 0.25) is 5.02 Å². The summed E-state index contributed by atoms with van der Waals surface area (Å²) in [4.78, 5) is 27.5. The second-order valence-electron chi connectivity index (χ2n) is 8.07. The number of sulfonamides is 1. The Kier molecular flexibility index (Phi) is 8.53. The molecule has 0 fully saturated rings. The van der Waals surface area contributed by atoms with Crippen LogP contribution in [0.4, 0.5) is 5.69 Å². The molecule has 0 saturated heterocycles. The van der Waals surface area contributed by atoms with Gasteiger partial charge in [0.2, 0.25) is 11.8 Å². The molecule has 0 saturated carbocycles. The first kappa shape index (κ1) is 26.2. The Hall–Kier alpha value is -3.36. The zero-order valence-electron chi connectivity index (χ0n) is 19.8. The van der Waals surface area contributed by atoms with E-state index in [-0.39, 0.29) is 28.1 Å². The number of carbonyl (C=O) groups is 2. The van der Waals surface area contributed by atoms with Crippen molar-refractivity contribution in [1.82, 2.24) is 10.2 Å². The maximum absolute atomic E-state index is 13.6. The molecule has 9 heteroatoms. The summed E-state index contributed by atoms with van der Waals surface area (Å²) < 4.78 is 28.2. The van der Waals surface area contributed by atoms with Crippen molar-refractivity contribution < 1.29 is 18.0 Å². The summed E-state index contributed by atoms with van der Waals surface area (Å²) in [5, 5.41) is 2.74. The monoisotopic (exact) mass is 513 g/mol. The van der Waals surface area contributed by atoms with Crippen molar-refractivity contribution >= 4 is 39.1 Å². The Bertz CT molecular complexity index is 1280. The molecule has 3 aromatic rings. The van der Waals surface area contributed by atoms with Gasteiger partial charge in [0.05, 0.1) is 15.6 Å². The van der Waals surface area contributed by atoms with Gasteiger partial charge in [-0.05, 0) is 43.7 Å². The maximum Gasteiger partial charge on any atom is 0.264 e. The van der Waals surface area contributed by atoms with Gasteiger partial charge in [-0.2, -0.15) is 0 Å². The fourth-order valence-corrected chi connectivity index (χ4v) is 5.31. The summed E-state index contributed by atoms with van der Waals surface area (Å²) in [6.07, 6.45) is 0. The molecule has 0 heterocycles. The summed E-state index contributed by atoms with van der Waals surface area (Å²) in [7, 11) is -2.64. The smallest absolute Gasteiger partial charge is 0.264 e. The SMILES string of the molecule is CNC(=O)[C@@H](C)N(Cc1ccc(C)cc1)C(=O)CN(c1ccccc1Cl)S(=O)(=O)c1ccccc1. The zero-order valence-corrected chi connectivity index (χ0v) is 21.4.